The van der Waals surface area contributed by atoms with Crippen LogP contribution in [0.3, 0.4) is 0 Å². The lowest BCUT2D eigenvalue weighted by molar-refractivity contribution is -0.888. The van der Waals surface area contributed by atoms with Gasteiger partial charge in [-0.25, -0.2) is 0 Å². The molecule has 148 valence electrons. The molecule has 0 saturated carbocycles. The molecule has 0 aliphatic heterocycles. The van der Waals surface area contributed by atoms with Crippen molar-refractivity contribution in [2.75, 3.05) is 27.9 Å². The van der Waals surface area contributed by atoms with Gasteiger partial charge >= 0.3 is 5.97 Å². The zero-order valence-electron chi connectivity index (χ0n) is 17.5. The van der Waals surface area contributed by atoms with Crippen LogP contribution < -0.4 is 0 Å². The van der Waals surface area contributed by atoms with Gasteiger partial charge in [-0.1, -0.05) is 70.4 Å². The van der Waals surface area contributed by atoms with Gasteiger partial charge in [0.2, 0.25) is 6.73 Å². The third-order valence-corrected chi connectivity index (χ3v) is 4.26. The van der Waals surface area contributed by atoms with E-state index in [-0.39, 0.29) is 5.97 Å². The summed E-state index contributed by atoms with van der Waals surface area (Å²) in [6, 6.07) is 0. The largest absolute Gasteiger partial charge is 0.415 e. The highest BCUT2D eigenvalue weighted by Crippen LogP contribution is 2.10. The number of allylic oxidation sites excluding steroid dienone is 2. The topological polar surface area (TPSA) is 26.3 Å². The van der Waals surface area contributed by atoms with Crippen LogP contribution in [0.5, 0.6) is 0 Å². The average Bonchev–Trinajstić information content (AvgIpc) is 2.56. The lowest BCUT2D eigenvalue weighted by Gasteiger charge is -2.22. The summed E-state index contributed by atoms with van der Waals surface area (Å²) >= 11 is 0. The Morgan fingerprint density at radius 3 is 1.76 bits per heavy atom. The van der Waals surface area contributed by atoms with E-state index in [2.05, 4.69) is 19.1 Å². The number of hydrogen-bond donors (Lipinski definition) is 0. The Bertz CT molecular complexity index is 331. The molecular formula is C22H44NO2+. The van der Waals surface area contributed by atoms with E-state index in [4.69, 9.17) is 4.74 Å². The molecule has 0 fully saturated rings. The summed E-state index contributed by atoms with van der Waals surface area (Å²) < 4.78 is 5.91. The van der Waals surface area contributed by atoms with Crippen LogP contribution in [0.25, 0.3) is 0 Å². The van der Waals surface area contributed by atoms with Crippen LogP contribution in [0.4, 0.5) is 0 Å². The van der Waals surface area contributed by atoms with Crippen molar-refractivity contribution in [3.05, 3.63) is 12.2 Å². The van der Waals surface area contributed by atoms with E-state index >= 15 is 0 Å². The Hall–Kier alpha value is -0.830. The number of rotatable bonds is 17. The first-order chi connectivity index (χ1) is 12.0. The second kappa shape index (κ2) is 16.6. The molecule has 0 radical (unpaired) electrons. The molecular weight excluding hydrogens is 310 g/mol. The maximum absolute atomic E-state index is 11.6. The number of nitrogens with zero attached hydrogens (tertiary/aromatic N) is 1. The molecule has 0 aromatic rings. The highest BCUT2D eigenvalue weighted by Gasteiger charge is 2.10. The Balaban J connectivity index is 3.25. The monoisotopic (exact) mass is 354 g/mol. The average molecular weight is 355 g/mol. The van der Waals surface area contributed by atoms with E-state index in [1.807, 2.05) is 21.1 Å². The van der Waals surface area contributed by atoms with Crippen molar-refractivity contribution in [2.45, 2.75) is 96.8 Å². The molecule has 0 rings (SSSR count). The molecule has 0 spiro atoms. The van der Waals surface area contributed by atoms with E-state index in [9.17, 15) is 4.79 Å². The number of unbranched alkanes of at least 4 members (excludes halogenated alkanes) is 11. The predicted octanol–water partition coefficient (Wildman–Crippen LogP) is 6.23. The lowest BCUT2D eigenvalue weighted by atomic mass is 10.1. The second-order valence-electron chi connectivity index (χ2n) is 8.27. The number of ether oxygens (including phenoxy) is 1. The summed E-state index contributed by atoms with van der Waals surface area (Å²) in [4.78, 5) is 11.6. The Labute approximate surface area is 157 Å². The zero-order chi connectivity index (χ0) is 18.8. The van der Waals surface area contributed by atoms with Crippen LogP contribution in [0.15, 0.2) is 12.2 Å². The van der Waals surface area contributed by atoms with E-state index in [1.165, 1.54) is 70.6 Å². The van der Waals surface area contributed by atoms with E-state index < -0.39 is 0 Å². The molecule has 25 heavy (non-hydrogen) atoms. The molecule has 0 amide bonds. The smallest absolute Gasteiger partial charge is 0.310 e. The molecule has 0 aromatic carbocycles. The first-order valence-corrected chi connectivity index (χ1v) is 10.6. The minimum Gasteiger partial charge on any atom is -0.415 e. The third kappa shape index (κ3) is 21.1. The second-order valence-corrected chi connectivity index (χ2v) is 8.27. The number of carbonyl (C=O) groups is 1. The van der Waals surface area contributed by atoms with Crippen molar-refractivity contribution < 1.29 is 14.0 Å². The zero-order valence-corrected chi connectivity index (χ0v) is 17.5. The van der Waals surface area contributed by atoms with Crippen LogP contribution in [0.1, 0.15) is 96.8 Å². The molecule has 0 unspecified atom stereocenters. The number of esters is 1. The quantitative estimate of drug-likeness (QED) is 0.102. The van der Waals surface area contributed by atoms with Gasteiger partial charge in [0.1, 0.15) is 0 Å². The molecule has 0 saturated heterocycles. The Kier molecular flexibility index (Phi) is 16.1. The molecule has 3 heteroatoms. The van der Waals surface area contributed by atoms with Gasteiger partial charge < -0.3 is 4.74 Å². The summed E-state index contributed by atoms with van der Waals surface area (Å²) in [7, 11) is 6.07. The first-order valence-electron chi connectivity index (χ1n) is 10.6. The highest BCUT2D eigenvalue weighted by atomic mass is 16.5. The lowest BCUT2D eigenvalue weighted by Crippen LogP contribution is -2.37. The fourth-order valence-corrected chi connectivity index (χ4v) is 2.68. The minimum atomic E-state index is -0.0503. The van der Waals surface area contributed by atoms with Gasteiger partial charge in [0.25, 0.3) is 0 Å². The Morgan fingerprint density at radius 2 is 1.24 bits per heavy atom. The first kappa shape index (κ1) is 24.2. The van der Waals surface area contributed by atoms with Crippen molar-refractivity contribution >= 4 is 5.97 Å². The fourth-order valence-electron chi connectivity index (χ4n) is 2.68. The molecule has 0 bridgehead atoms. The summed E-state index contributed by atoms with van der Waals surface area (Å²) in [5.74, 6) is -0.0503. The van der Waals surface area contributed by atoms with Crippen LogP contribution in [0.2, 0.25) is 0 Å². The van der Waals surface area contributed by atoms with Crippen LogP contribution in [-0.4, -0.2) is 38.3 Å². The molecule has 0 aromatic heterocycles. The standard InChI is InChI=1S/C22H44NO2/c1-5-6-7-8-9-10-11-12-13-14-15-16-17-18-19-20-22(24)25-21-23(2,3)4/h12-13H,5-11,14-21H2,1-4H3/q+1. The van der Waals surface area contributed by atoms with Gasteiger partial charge in [-0.15, -0.1) is 0 Å². The normalized spacial score (nSPS) is 12.0. The number of quaternary nitrogens is 1. The fraction of sp³-hybridized carbons (Fsp3) is 0.864. The van der Waals surface area contributed by atoms with Crippen molar-refractivity contribution in [3.8, 4) is 0 Å². The van der Waals surface area contributed by atoms with Gasteiger partial charge in [-0.3, -0.25) is 9.28 Å². The Morgan fingerprint density at radius 1 is 0.760 bits per heavy atom. The van der Waals surface area contributed by atoms with Crippen LogP contribution in [-0.2, 0) is 9.53 Å². The van der Waals surface area contributed by atoms with Crippen molar-refractivity contribution in [3.63, 3.8) is 0 Å². The molecule has 0 N–H and O–H groups in total. The van der Waals surface area contributed by atoms with Gasteiger partial charge in [0.15, 0.2) is 0 Å². The summed E-state index contributed by atoms with van der Waals surface area (Å²) in [5.41, 5.74) is 0. The molecule has 3 nitrogen and oxygen atoms in total. The SMILES string of the molecule is CCCCCCCCC=CCCCCCCCC(=O)OC[N+](C)(C)C. The van der Waals surface area contributed by atoms with Crippen LogP contribution >= 0.6 is 0 Å². The van der Waals surface area contributed by atoms with Crippen molar-refractivity contribution in [1.29, 1.82) is 0 Å². The molecule has 0 heterocycles. The maximum atomic E-state index is 11.6. The van der Waals surface area contributed by atoms with Gasteiger partial charge in [-0.2, -0.15) is 0 Å². The van der Waals surface area contributed by atoms with Crippen LogP contribution in [0, 0.1) is 0 Å². The highest BCUT2D eigenvalue weighted by molar-refractivity contribution is 5.69. The predicted molar refractivity (Wildman–Crippen MR) is 108 cm³/mol. The molecule has 0 atom stereocenters. The van der Waals surface area contributed by atoms with E-state index in [0.717, 1.165) is 12.8 Å². The maximum Gasteiger partial charge on any atom is 0.310 e. The molecule has 0 aliphatic carbocycles. The van der Waals surface area contributed by atoms with Crippen molar-refractivity contribution in [2.24, 2.45) is 0 Å². The number of hydrogen-bond acceptors (Lipinski definition) is 2. The van der Waals surface area contributed by atoms with Gasteiger partial charge in [0.05, 0.1) is 21.1 Å². The van der Waals surface area contributed by atoms with Gasteiger partial charge in [-0.05, 0) is 32.1 Å². The van der Waals surface area contributed by atoms with Gasteiger partial charge in [0, 0.05) is 6.42 Å². The minimum absolute atomic E-state index is 0.0503. The third-order valence-electron chi connectivity index (χ3n) is 4.26. The van der Waals surface area contributed by atoms with E-state index in [0.29, 0.717) is 17.6 Å². The van der Waals surface area contributed by atoms with Crippen molar-refractivity contribution in [1.82, 2.24) is 0 Å². The summed E-state index contributed by atoms with van der Waals surface area (Å²) in [5, 5.41) is 0. The molecule has 0 aliphatic rings. The number of carbonyl (C=O) groups excluding carboxylic acids is 1. The summed E-state index contributed by atoms with van der Waals surface area (Å²) in [6.07, 6.45) is 21.9. The summed E-state index contributed by atoms with van der Waals surface area (Å²) in [6.45, 7) is 2.73. The van der Waals surface area contributed by atoms with E-state index in [1.54, 1.807) is 0 Å².